The zero-order valence-corrected chi connectivity index (χ0v) is 31.7. The number of aliphatic hydroxyl groups is 2. The Bertz CT molecular complexity index is 1940. The van der Waals surface area contributed by atoms with Crippen LogP contribution in [0.5, 0.6) is 0 Å². The van der Waals surface area contributed by atoms with Crippen molar-refractivity contribution in [3.63, 3.8) is 0 Å². The molecule has 4 N–H and O–H groups in total. The highest BCUT2D eigenvalue weighted by molar-refractivity contribution is 6.05. The Labute approximate surface area is 330 Å². The van der Waals surface area contributed by atoms with Gasteiger partial charge in [0.15, 0.2) is 0 Å². The molecular formula is C50H50N2O4. The zero-order chi connectivity index (χ0) is 39.0. The predicted molar refractivity (Wildman–Crippen MR) is 221 cm³/mol. The summed E-state index contributed by atoms with van der Waals surface area (Å²) in [4.78, 5) is 31.4. The number of benzene rings is 6. The summed E-state index contributed by atoms with van der Waals surface area (Å²) in [6, 6.07) is 56.2. The fraction of sp³-hybridized carbons (Fsp3) is 0.240. The molecule has 1 saturated carbocycles. The minimum atomic E-state index is -1.66. The van der Waals surface area contributed by atoms with E-state index in [-0.39, 0.29) is 38.5 Å². The van der Waals surface area contributed by atoms with Crippen LogP contribution in [0.3, 0.4) is 0 Å². The summed E-state index contributed by atoms with van der Waals surface area (Å²) in [6.07, 6.45) is 1.92. The van der Waals surface area contributed by atoms with Crippen LogP contribution in [-0.4, -0.2) is 38.1 Å². The molecule has 0 aromatic heterocycles. The fourth-order valence-electron chi connectivity index (χ4n) is 8.77. The first-order valence-corrected chi connectivity index (χ1v) is 19.5. The second-order valence-electron chi connectivity index (χ2n) is 15.5. The maximum atomic E-state index is 16.0. The van der Waals surface area contributed by atoms with Crippen LogP contribution in [0.2, 0.25) is 0 Å². The van der Waals surface area contributed by atoms with Crippen LogP contribution in [-0.2, 0) is 35.3 Å². The monoisotopic (exact) mass is 742 g/mol. The summed E-state index contributed by atoms with van der Waals surface area (Å²) in [5.74, 6) is -1.18. The molecule has 0 unspecified atom stereocenters. The lowest BCUT2D eigenvalue weighted by molar-refractivity contribution is -0.177. The third-order valence-corrected chi connectivity index (χ3v) is 11.5. The van der Waals surface area contributed by atoms with E-state index in [9.17, 15) is 15.0 Å². The molecule has 0 saturated heterocycles. The SMILES string of the molecule is NC(=O)C1(C(=O)N([C@H](c2ccccc2)C(O)(Cc2ccccc2)Cc2ccccc2)[C@H](c2ccccc2)C(O)(Cc2ccccc2)Cc2ccccc2)CCC1. The first-order chi connectivity index (χ1) is 27.2. The van der Waals surface area contributed by atoms with E-state index in [1.807, 2.05) is 182 Å². The molecule has 56 heavy (non-hydrogen) atoms. The summed E-state index contributed by atoms with van der Waals surface area (Å²) in [5.41, 5.74) is 6.31. The molecule has 6 nitrogen and oxygen atoms in total. The molecule has 2 atom stereocenters. The number of nitrogens with two attached hydrogens (primary N) is 1. The van der Waals surface area contributed by atoms with Gasteiger partial charge in [0, 0.05) is 25.7 Å². The first-order valence-electron chi connectivity index (χ1n) is 19.5. The van der Waals surface area contributed by atoms with Crippen LogP contribution in [0.1, 0.15) is 64.7 Å². The highest BCUT2D eigenvalue weighted by atomic mass is 16.3. The molecule has 6 heteroatoms. The van der Waals surface area contributed by atoms with E-state index in [0.29, 0.717) is 17.5 Å². The van der Waals surface area contributed by atoms with Crippen molar-refractivity contribution >= 4 is 11.8 Å². The van der Waals surface area contributed by atoms with Crippen molar-refractivity contribution in [3.05, 3.63) is 215 Å². The minimum absolute atomic E-state index is 0.174. The third kappa shape index (κ3) is 8.23. The number of amides is 2. The maximum Gasteiger partial charge on any atom is 0.239 e. The third-order valence-electron chi connectivity index (χ3n) is 11.5. The summed E-state index contributed by atoms with van der Waals surface area (Å²) in [7, 11) is 0. The van der Waals surface area contributed by atoms with Crippen LogP contribution < -0.4 is 5.73 Å². The van der Waals surface area contributed by atoms with Gasteiger partial charge in [-0.05, 0) is 46.2 Å². The van der Waals surface area contributed by atoms with Crippen LogP contribution in [0, 0.1) is 5.41 Å². The number of hydrogen-bond donors (Lipinski definition) is 3. The van der Waals surface area contributed by atoms with E-state index in [4.69, 9.17) is 5.73 Å². The Morgan fingerprint density at radius 2 is 0.768 bits per heavy atom. The van der Waals surface area contributed by atoms with Gasteiger partial charge in [0.05, 0.1) is 23.3 Å². The number of hydrogen-bond acceptors (Lipinski definition) is 4. The van der Waals surface area contributed by atoms with Gasteiger partial charge in [-0.15, -0.1) is 0 Å². The molecule has 1 aliphatic rings. The van der Waals surface area contributed by atoms with Crippen molar-refractivity contribution in [2.75, 3.05) is 0 Å². The predicted octanol–water partition coefficient (Wildman–Crippen LogP) is 8.39. The van der Waals surface area contributed by atoms with Crippen LogP contribution in [0.15, 0.2) is 182 Å². The van der Waals surface area contributed by atoms with E-state index >= 15 is 4.79 Å². The standard InChI is InChI=1S/C50H50N2O4/c51-46(53)48(32-19-33-48)47(54)52(44(42-28-15-5-16-29-42)49(55,34-38-20-7-1-8-21-38)35-39-22-9-2-10-23-39)45(43-30-17-6-18-31-43)50(56,36-40-24-11-3-12-25-40)37-41-26-13-4-14-27-41/h1-18,20-31,44-45,55-56H,19,32-37H2,(H2,51,53)/t44-,45-/m1/s1. The lowest BCUT2D eigenvalue weighted by Crippen LogP contribution is -2.63. The van der Waals surface area contributed by atoms with Crippen molar-refractivity contribution in [2.24, 2.45) is 11.1 Å². The second kappa shape index (κ2) is 16.9. The molecule has 0 aliphatic heterocycles. The molecule has 6 aromatic rings. The number of primary amides is 1. The van der Waals surface area contributed by atoms with E-state index in [1.54, 1.807) is 4.90 Å². The van der Waals surface area contributed by atoms with E-state index in [0.717, 1.165) is 22.3 Å². The Balaban J connectivity index is 1.55. The molecule has 0 bridgehead atoms. The van der Waals surface area contributed by atoms with Gasteiger partial charge in [0.2, 0.25) is 11.8 Å². The number of carbonyl (C=O) groups is 2. The Kier molecular flexibility index (Phi) is 11.6. The molecule has 2 amide bonds. The topological polar surface area (TPSA) is 104 Å². The van der Waals surface area contributed by atoms with Gasteiger partial charge in [-0.3, -0.25) is 9.59 Å². The molecule has 1 aliphatic carbocycles. The molecule has 7 rings (SSSR count). The largest absolute Gasteiger partial charge is 0.387 e. The summed E-state index contributed by atoms with van der Waals surface area (Å²) in [6.45, 7) is 0. The highest BCUT2D eigenvalue weighted by Crippen LogP contribution is 2.52. The minimum Gasteiger partial charge on any atom is -0.387 e. The lowest BCUT2D eigenvalue weighted by atomic mass is 9.65. The molecule has 284 valence electrons. The maximum absolute atomic E-state index is 16.0. The average Bonchev–Trinajstić information content (AvgIpc) is 3.19. The average molecular weight is 743 g/mol. The van der Waals surface area contributed by atoms with Crippen LogP contribution >= 0.6 is 0 Å². The quantitative estimate of drug-likeness (QED) is 0.0868. The molecule has 0 spiro atoms. The second-order valence-corrected chi connectivity index (χ2v) is 15.5. The van der Waals surface area contributed by atoms with Gasteiger partial charge in [-0.2, -0.15) is 0 Å². The summed E-state index contributed by atoms with van der Waals surface area (Å²) >= 11 is 0. The summed E-state index contributed by atoms with van der Waals surface area (Å²) in [5, 5.41) is 27.6. The van der Waals surface area contributed by atoms with Crippen molar-refractivity contribution < 1.29 is 19.8 Å². The highest BCUT2D eigenvalue weighted by Gasteiger charge is 2.59. The zero-order valence-electron chi connectivity index (χ0n) is 31.7. The number of rotatable bonds is 16. The first kappa shape index (κ1) is 38.5. The van der Waals surface area contributed by atoms with Crippen molar-refractivity contribution in [3.8, 4) is 0 Å². The lowest BCUT2D eigenvalue weighted by Gasteiger charge is -2.54. The van der Waals surface area contributed by atoms with Crippen molar-refractivity contribution in [2.45, 2.75) is 68.2 Å². The van der Waals surface area contributed by atoms with Gasteiger partial charge in [0.25, 0.3) is 0 Å². The number of carbonyl (C=O) groups excluding carboxylic acids is 2. The van der Waals surface area contributed by atoms with Crippen LogP contribution in [0.4, 0.5) is 0 Å². The van der Waals surface area contributed by atoms with Gasteiger partial charge >= 0.3 is 0 Å². The van der Waals surface area contributed by atoms with Crippen molar-refractivity contribution in [1.29, 1.82) is 0 Å². The van der Waals surface area contributed by atoms with E-state index < -0.39 is 40.5 Å². The van der Waals surface area contributed by atoms with Gasteiger partial charge < -0.3 is 20.8 Å². The molecule has 6 aromatic carbocycles. The smallest absolute Gasteiger partial charge is 0.239 e. The van der Waals surface area contributed by atoms with Gasteiger partial charge in [0.1, 0.15) is 5.41 Å². The van der Waals surface area contributed by atoms with E-state index in [1.165, 1.54) is 0 Å². The molecular weight excluding hydrogens is 693 g/mol. The van der Waals surface area contributed by atoms with E-state index in [2.05, 4.69) is 0 Å². The Morgan fingerprint density at radius 3 is 1.00 bits per heavy atom. The normalized spacial score (nSPS) is 14.9. The van der Waals surface area contributed by atoms with Crippen molar-refractivity contribution in [1.82, 2.24) is 4.90 Å². The molecule has 0 radical (unpaired) electrons. The van der Waals surface area contributed by atoms with Gasteiger partial charge in [-0.25, -0.2) is 0 Å². The molecule has 1 fully saturated rings. The fourth-order valence-corrected chi connectivity index (χ4v) is 8.77. The molecule has 0 heterocycles. The number of nitrogens with zero attached hydrogens (tertiary/aromatic N) is 1. The Hall–Kier alpha value is -5.82. The van der Waals surface area contributed by atoms with Crippen LogP contribution in [0.25, 0.3) is 0 Å². The Morgan fingerprint density at radius 1 is 0.500 bits per heavy atom. The van der Waals surface area contributed by atoms with Gasteiger partial charge in [-0.1, -0.05) is 188 Å². The summed E-state index contributed by atoms with van der Waals surface area (Å²) < 4.78 is 0.